The zero-order valence-corrected chi connectivity index (χ0v) is 8.34. The Hall–Kier alpha value is -1.11. The van der Waals surface area contributed by atoms with Gasteiger partial charge in [-0.3, -0.25) is 0 Å². The van der Waals surface area contributed by atoms with Crippen LogP contribution in [0.5, 0.6) is 0 Å². The number of fused-ring (bicyclic) bond motifs is 1. The molecule has 0 atom stereocenters. The van der Waals surface area contributed by atoms with Crippen LogP contribution in [0.1, 0.15) is 0 Å². The Morgan fingerprint density at radius 3 is 2.79 bits per heavy atom. The molecule has 0 aliphatic carbocycles. The molecule has 1 aromatic carbocycles. The highest BCUT2D eigenvalue weighted by atomic mass is 35.5. The Morgan fingerprint density at radius 2 is 2.14 bits per heavy atom. The zero-order valence-electron chi connectivity index (χ0n) is 6.77. The van der Waals surface area contributed by atoms with E-state index in [9.17, 15) is 8.42 Å². The van der Waals surface area contributed by atoms with E-state index >= 15 is 0 Å². The standard InChI is InChI=1S/C7H5ClN2O3S/c8-7-10-5-3-4(14(9,11)12)1-2-6(5)13-7/h1-3H,(H2,9,11,12). The lowest BCUT2D eigenvalue weighted by atomic mass is 10.3. The number of nitrogens with two attached hydrogens (primary N) is 1. The lowest BCUT2D eigenvalue weighted by Crippen LogP contribution is -2.11. The van der Waals surface area contributed by atoms with Gasteiger partial charge in [0.2, 0.25) is 10.0 Å². The van der Waals surface area contributed by atoms with Crippen molar-refractivity contribution in [3.8, 4) is 0 Å². The van der Waals surface area contributed by atoms with Gasteiger partial charge in [0.25, 0.3) is 5.35 Å². The molecule has 0 fully saturated rings. The lowest BCUT2D eigenvalue weighted by molar-refractivity contribution is 0.597. The second-order valence-corrected chi connectivity index (χ2v) is 4.53. The van der Waals surface area contributed by atoms with Crippen molar-refractivity contribution < 1.29 is 12.8 Å². The van der Waals surface area contributed by atoms with Crippen LogP contribution in [-0.2, 0) is 10.0 Å². The number of halogens is 1. The Bertz CT molecular complexity index is 590. The van der Waals surface area contributed by atoms with Crippen LogP contribution in [0.3, 0.4) is 0 Å². The van der Waals surface area contributed by atoms with Crippen molar-refractivity contribution in [3.63, 3.8) is 0 Å². The van der Waals surface area contributed by atoms with Crippen LogP contribution in [0, 0.1) is 0 Å². The summed E-state index contributed by atoms with van der Waals surface area (Å²) in [6, 6.07) is 4.09. The Balaban J connectivity index is 2.74. The van der Waals surface area contributed by atoms with Crippen LogP contribution in [0.15, 0.2) is 27.5 Å². The number of benzene rings is 1. The molecule has 2 rings (SSSR count). The van der Waals surface area contributed by atoms with Gasteiger partial charge in [-0.25, -0.2) is 13.6 Å². The molecule has 1 aromatic heterocycles. The van der Waals surface area contributed by atoms with Crippen molar-refractivity contribution in [2.24, 2.45) is 5.14 Å². The topological polar surface area (TPSA) is 86.2 Å². The summed E-state index contributed by atoms with van der Waals surface area (Å²) < 4.78 is 26.9. The summed E-state index contributed by atoms with van der Waals surface area (Å²) in [4.78, 5) is 3.75. The molecule has 0 radical (unpaired) electrons. The van der Waals surface area contributed by atoms with Gasteiger partial charge in [-0.05, 0) is 29.8 Å². The first-order valence-electron chi connectivity index (χ1n) is 3.56. The minimum atomic E-state index is -3.71. The van der Waals surface area contributed by atoms with Gasteiger partial charge in [-0.15, -0.1) is 0 Å². The average Bonchev–Trinajstić information content (AvgIpc) is 2.41. The number of primary sulfonamides is 1. The second kappa shape index (κ2) is 2.94. The van der Waals surface area contributed by atoms with E-state index in [2.05, 4.69) is 4.98 Å². The number of oxazole rings is 1. The number of rotatable bonds is 1. The van der Waals surface area contributed by atoms with Crippen molar-refractivity contribution in [1.29, 1.82) is 0 Å². The van der Waals surface area contributed by atoms with E-state index in [4.69, 9.17) is 21.2 Å². The van der Waals surface area contributed by atoms with E-state index < -0.39 is 10.0 Å². The predicted molar refractivity (Wildman–Crippen MR) is 50.4 cm³/mol. The summed E-state index contributed by atoms with van der Waals surface area (Å²) in [5.41, 5.74) is 0.781. The van der Waals surface area contributed by atoms with E-state index in [1.807, 2.05) is 0 Å². The molecule has 0 saturated heterocycles. The quantitative estimate of drug-likeness (QED) is 0.799. The second-order valence-electron chi connectivity index (χ2n) is 2.64. The number of sulfonamides is 1. The Kier molecular flexibility index (Phi) is 1.99. The van der Waals surface area contributed by atoms with Crippen LogP contribution < -0.4 is 5.14 Å². The molecule has 0 unspecified atom stereocenters. The minimum Gasteiger partial charge on any atom is -0.428 e. The molecule has 2 aromatic rings. The van der Waals surface area contributed by atoms with E-state index in [1.54, 1.807) is 0 Å². The van der Waals surface area contributed by atoms with Crippen LogP contribution in [0.2, 0.25) is 5.35 Å². The van der Waals surface area contributed by atoms with Gasteiger partial charge in [0, 0.05) is 0 Å². The van der Waals surface area contributed by atoms with Crippen molar-refractivity contribution in [1.82, 2.24) is 4.98 Å². The molecule has 0 aliphatic heterocycles. The molecule has 14 heavy (non-hydrogen) atoms. The monoisotopic (exact) mass is 232 g/mol. The summed E-state index contributed by atoms with van der Waals surface area (Å²) in [6.45, 7) is 0. The highest BCUT2D eigenvalue weighted by molar-refractivity contribution is 7.89. The Morgan fingerprint density at radius 1 is 1.43 bits per heavy atom. The molecule has 0 amide bonds. The predicted octanol–water partition coefficient (Wildman–Crippen LogP) is 1.13. The summed E-state index contributed by atoms with van der Waals surface area (Å²) in [7, 11) is -3.71. The van der Waals surface area contributed by atoms with Gasteiger partial charge < -0.3 is 4.42 Å². The van der Waals surface area contributed by atoms with Crippen LogP contribution in [-0.4, -0.2) is 13.4 Å². The fourth-order valence-corrected chi connectivity index (χ4v) is 1.76. The smallest absolute Gasteiger partial charge is 0.293 e. The van der Waals surface area contributed by atoms with Gasteiger partial charge >= 0.3 is 0 Å². The SMILES string of the molecule is NS(=O)(=O)c1ccc2oc(Cl)nc2c1. The summed E-state index contributed by atoms with van der Waals surface area (Å²) >= 11 is 5.49. The lowest BCUT2D eigenvalue weighted by Gasteiger charge is -1.95. The van der Waals surface area contributed by atoms with Gasteiger partial charge in [0.05, 0.1) is 4.90 Å². The van der Waals surface area contributed by atoms with Gasteiger partial charge in [-0.2, -0.15) is 4.98 Å². The molecule has 7 heteroatoms. The first-order chi connectivity index (χ1) is 6.47. The number of hydrogen-bond acceptors (Lipinski definition) is 4. The van der Waals surface area contributed by atoms with Crippen molar-refractivity contribution in [3.05, 3.63) is 23.5 Å². The third kappa shape index (κ3) is 1.59. The fourth-order valence-electron chi connectivity index (χ4n) is 1.06. The molecule has 0 spiro atoms. The van der Waals surface area contributed by atoms with E-state index in [1.165, 1.54) is 18.2 Å². The van der Waals surface area contributed by atoms with E-state index in [-0.39, 0.29) is 10.2 Å². The third-order valence-electron chi connectivity index (χ3n) is 1.66. The first-order valence-corrected chi connectivity index (χ1v) is 5.48. The number of nitrogens with zero attached hydrogens (tertiary/aromatic N) is 1. The highest BCUT2D eigenvalue weighted by Gasteiger charge is 2.11. The maximum atomic E-state index is 11.0. The van der Waals surface area contributed by atoms with E-state index in [0.29, 0.717) is 11.1 Å². The summed E-state index contributed by atoms with van der Waals surface area (Å²) in [5, 5.41) is 4.90. The molecule has 2 N–H and O–H groups in total. The molecule has 0 aliphatic rings. The highest BCUT2D eigenvalue weighted by Crippen LogP contribution is 2.21. The van der Waals surface area contributed by atoms with Gasteiger partial charge in [-0.1, -0.05) is 0 Å². The van der Waals surface area contributed by atoms with Crippen LogP contribution in [0.25, 0.3) is 11.1 Å². The molecule has 0 saturated carbocycles. The first kappa shape index (κ1) is 9.45. The molecule has 1 heterocycles. The van der Waals surface area contributed by atoms with Crippen molar-refractivity contribution in [2.75, 3.05) is 0 Å². The minimum absolute atomic E-state index is 0.0185. The maximum absolute atomic E-state index is 11.0. The number of hydrogen-bond donors (Lipinski definition) is 1. The van der Waals surface area contributed by atoms with Gasteiger partial charge in [0.15, 0.2) is 5.58 Å². The zero-order chi connectivity index (χ0) is 10.3. The average molecular weight is 233 g/mol. The van der Waals surface area contributed by atoms with Crippen molar-refractivity contribution in [2.45, 2.75) is 4.90 Å². The molecular formula is C7H5ClN2O3S. The largest absolute Gasteiger partial charge is 0.428 e. The van der Waals surface area contributed by atoms with Gasteiger partial charge in [0.1, 0.15) is 5.52 Å². The fraction of sp³-hybridized carbons (Fsp3) is 0. The molecule has 5 nitrogen and oxygen atoms in total. The number of aromatic nitrogens is 1. The molecule has 0 bridgehead atoms. The Labute approximate surface area is 84.5 Å². The van der Waals surface area contributed by atoms with Crippen LogP contribution >= 0.6 is 11.6 Å². The normalized spacial score (nSPS) is 12.1. The van der Waals surface area contributed by atoms with E-state index in [0.717, 1.165) is 0 Å². The molecule has 74 valence electrons. The van der Waals surface area contributed by atoms with Crippen molar-refractivity contribution >= 4 is 32.7 Å². The summed E-state index contributed by atoms with van der Waals surface area (Å²) in [5.74, 6) is 0. The molecular weight excluding hydrogens is 228 g/mol. The van der Waals surface area contributed by atoms with Crippen LogP contribution in [0.4, 0.5) is 0 Å². The third-order valence-corrected chi connectivity index (χ3v) is 2.73. The summed E-state index contributed by atoms with van der Waals surface area (Å²) in [6.07, 6.45) is 0. The maximum Gasteiger partial charge on any atom is 0.293 e.